The van der Waals surface area contributed by atoms with Crippen LogP contribution >= 0.6 is 11.8 Å². The zero-order valence-corrected chi connectivity index (χ0v) is 20.1. The van der Waals surface area contributed by atoms with Gasteiger partial charge in [-0.2, -0.15) is 9.40 Å². The molecule has 4 rings (SSSR count). The summed E-state index contributed by atoms with van der Waals surface area (Å²) in [4.78, 5) is 12.5. The summed E-state index contributed by atoms with van der Waals surface area (Å²) < 4.78 is 39.8. The predicted octanol–water partition coefficient (Wildman–Crippen LogP) is 1.84. The van der Waals surface area contributed by atoms with E-state index in [-0.39, 0.29) is 27.7 Å². The first-order chi connectivity index (χ1) is 15.8. The van der Waals surface area contributed by atoms with E-state index in [2.05, 4.69) is 20.6 Å². The number of carbonyl (C=O) groups is 1. The summed E-state index contributed by atoms with van der Waals surface area (Å²) in [5, 5.41) is 15.3. The highest BCUT2D eigenvalue weighted by molar-refractivity contribution is 7.99. The summed E-state index contributed by atoms with van der Waals surface area (Å²) >= 11 is 1.09. The van der Waals surface area contributed by atoms with Crippen molar-refractivity contribution >= 4 is 33.4 Å². The summed E-state index contributed by atoms with van der Waals surface area (Å²) in [7, 11) is -1.83. The van der Waals surface area contributed by atoms with Crippen LogP contribution in [0.5, 0.6) is 0 Å². The Morgan fingerprint density at radius 2 is 1.97 bits per heavy atom. The number of ether oxygens (including phenoxy) is 1. The van der Waals surface area contributed by atoms with E-state index >= 15 is 0 Å². The monoisotopic (exact) mass is 492 g/mol. The number of morpholine rings is 1. The number of thioether (sulfide) groups is 1. The van der Waals surface area contributed by atoms with Gasteiger partial charge in [-0.1, -0.05) is 17.8 Å². The molecule has 3 heterocycles. The number of carbonyl (C=O) groups excluding carboxylic acids is 1. The van der Waals surface area contributed by atoms with Gasteiger partial charge in [-0.15, -0.1) is 10.2 Å². The second kappa shape index (κ2) is 9.63. The van der Waals surface area contributed by atoms with Gasteiger partial charge in [-0.25, -0.2) is 8.42 Å². The molecule has 13 heteroatoms. The maximum Gasteiger partial charge on any atom is 0.277 e. The quantitative estimate of drug-likeness (QED) is 0.491. The number of anilines is 1. The minimum absolute atomic E-state index is 0.0703. The molecule has 1 N–H and O–H groups in total. The highest BCUT2D eigenvalue weighted by Crippen LogP contribution is 2.27. The van der Waals surface area contributed by atoms with E-state index in [4.69, 9.17) is 9.15 Å². The highest BCUT2D eigenvalue weighted by atomic mass is 32.2. The fourth-order valence-electron chi connectivity index (χ4n) is 3.37. The van der Waals surface area contributed by atoms with Crippen molar-refractivity contribution in [2.24, 2.45) is 7.05 Å². The van der Waals surface area contributed by atoms with E-state index in [1.165, 1.54) is 16.4 Å². The molecule has 11 nitrogen and oxygen atoms in total. The van der Waals surface area contributed by atoms with Crippen LogP contribution in [0.15, 0.2) is 38.8 Å². The van der Waals surface area contributed by atoms with Crippen LogP contribution in [0.3, 0.4) is 0 Å². The molecule has 0 unspecified atom stereocenters. The highest BCUT2D eigenvalue weighted by Gasteiger charge is 2.27. The first kappa shape index (κ1) is 23.4. The molecule has 0 aliphatic carbocycles. The van der Waals surface area contributed by atoms with Gasteiger partial charge >= 0.3 is 0 Å². The van der Waals surface area contributed by atoms with E-state index in [0.29, 0.717) is 37.6 Å². The molecule has 1 aliphatic rings. The molecule has 0 bridgehead atoms. The first-order valence-corrected chi connectivity index (χ1v) is 12.6. The van der Waals surface area contributed by atoms with Crippen molar-refractivity contribution in [3.63, 3.8) is 0 Å². The SMILES string of the molecule is Cc1nn(C)c(C)c1NC(=O)CSc1nnc(-c2cccc(S(=O)(=O)N3CCOCC3)c2)o1. The minimum Gasteiger partial charge on any atom is -0.411 e. The van der Waals surface area contributed by atoms with Gasteiger partial charge < -0.3 is 14.5 Å². The number of hydrogen-bond donors (Lipinski definition) is 1. The largest absolute Gasteiger partial charge is 0.411 e. The Morgan fingerprint density at radius 1 is 1.21 bits per heavy atom. The third-order valence-electron chi connectivity index (χ3n) is 5.20. The molecule has 0 radical (unpaired) electrons. The van der Waals surface area contributed by atoms with Crippen molar-refractivity contribution in [1.82, 2.24) is 24.3 Å². The zero-order valence-electron chi connectivity index (χ0n) is 18.4. The third kappa shape index (κ3) is 5.11. The number of aryl methyl sites for hydroxylation is 2. The molecule has 3 aromatic rings. The van der Waals surface area contributed by atoms with E-state index in [9.17, 15) is 13.2 Å². The fraction of sp³-hybridized carbons (Fsp3) is 0.400. The number of hydrogen-bond acceptors (Lipinski definition) is 9. The maximum absolute atomic E-state index is 12.9. The molecule has 1 saturated heterocycles. The molecule has 2 aromatic heterocycles. The van der Waals surface area contributed by atoms with Gasteiger partial charge in [0.05, 0.1) is 40.9 Å². The molecule has 1 amide bonds. The van der Waals surface area contributed by atoms with Gasteiger partial charge in [0, 0.05) is 25.7 Å². The number of aromatic nitrogens is 4. The molecule has 176 valence electrons. The second-order valence-electron chi connectivity index (χ2n) is 7.42. The van der Waals surface area contributed by atoms with Crippen LogP contribution in [0.4, 0.5) is 5.69 Å². The zero-order chi connectivity index (χ0) is 23.6. The van der Waals surface area contributed by atoms with E-state index in [1.54, 1.807) is 16.8 Å². The smallest absolute Gasteiger partial charge is 0.277 e. The molecule has 0 saturated carbocycles. The van der Waals surface area contributed by atoms with Gasteiger partial charge in [-0.3, -0.25) is 9.48 Å². The predicted molar refractivity (Wildman–Crippen MR) is 121 cm³/mol. The fourth-order valence-corrected chi connectivity index (χ4v) is 5.39. The Balaban J connectivity index is 1.42. The lowest BCUT2D eigenvalue weighted by Crippen LogP contribution is -2.40. The molecule has 33 heavy (non-hydrogen) atoms. The summed E-state index contributed by atoms with van der Waals surface area (Å²) in [6.07, 6.45) is 0. The van der Waals surface area contributed by atoms with Crippen LogP contribution in [0.1, 0.15) is 11.4 Å². The summed E-state index contributed by atoms with van der Waals surface area (Å²) in [5.41, 5.74) is 2.76. The number of amides is 1. The van der Waals surface area contributed by atoms with Crippen molar-refractivity contribution in [1.29, 1.82) is 0 Å². The van der Waals surface area contributed by atoms with Gasteiger partial charge in [-0.05, 0) is 32.0 Å². The van der Waals surface area contributed by atoms with Gasteiger partial charge in [0.15, 0.2) is 0 Å². The molecular formula is C20H24N6O5S2. The average Bonchev–Trinajstić information content (AvgIpc) is 3.39. The summed E-state index contributed by atoms with van der Waals surface area (Å²) in [6.45, 7) is 5.07. The van der Waals surface area contributed by atoms with Crippen molar-refractivity contribution in [3.8, 4) is 11.5 Å². The van der Waals surface area contributed by atoms with Gasteiger partial charge in [0.25, 0.3) is 5.22 Å². The van der Waals surface area contributed by atoms with Crippen molar-refractivity contribution in [2.45, 2.75) is 24.0 Å². The van der Waals surface area contributed by atoms with E-state index in [1.807, 2.05) is 20.9 Å². The number of nitrogens with zero attached hydrogens (tertiary/aromatic N) is 5. The summed E-state index contributed by atoms with van der Waals surface area (Å²) in [6, 6.07) is 6.37. The molecule has 1 aromatic carbocycles. The first-order valence-electron chi connectivity index (χ1n) is 10.2. The van der Waals surface area contributed by atoms with Crippen molar-refractivity contribution in [2.75, 3.05) is 37.4 Å². The van der Waals surface area contributed by atoms with E-state index < -0.39 is 10.0 Å². The number of benzene rings is 1. The molecule has 1 fully saturated rings. The Hall–Kier alpha value is -2.74. The van der Waals surface area contributed by atoms with Gasteiger partial charge in [0.2, 0.25) is 21.8 Å². The lowest BCUT2D eigenvalue weighted by molar-refractivity contribution is -0.113. The second-order valence-corrected chi connectivity index (χ2v) is 10.3. The van der Waals surface area contributed by atoms with Crippen LogP contribution in [0, 0.1) is 13.8 Å². The lowest BCUT2D eigenvalue weighted by Gasteiger charge is -2.26. The normalized spacial score (nSPS) is 15.0. The number of rotatable bonds is 7. The molecule has 0 atom stereocenters. The third-order valence-corrected chi connectivity index (χ3v) is 7.91. The van der Waals surface area contributed by atoms with Crippen molar-refractivity contribution in [3.05, 3.63) is 35.7 Å². The maximum atomic E-state index is 12.9. The van der Waals surface area contributed by atoms with Gasteiger partial charge in [0.1, 0.15) is 0 Å². The topological polar surface area (TPSA) is 132 Å². The Morgan fingerprint density at radius 3 is 2.67 bits per heavy atom. The van der Waals surface area contributed by atoms with Crippen molar-refractivity contribution < 1.29 is 22.4 Å². The van der Waals surface area contributed by atoms with Crippen LogP contribution in [0.25, 0.3) is 11.5 Å². The number of sulfonamides is 1. The Kier molecular flexibility index (Phi) is 6.83. The van der Waals surface area contributed by atoms with E-state index in [0.717, 1.165) is 23.1 Å². The lowest BCUT2D eigenvalue weighted by atomic mass is 10.2. The molecular weight excluding hydrogens is 468 g/mol. The van der Waals surface area contributed by atoms with Crippen LogP contribution in [0.2, 0.25) is 0 Å². The Bertz CT molecular complexity index is 1260. The Labute approximate surface area is 195 Å². The molecule has 1 aliphatic heterocycles. The summed E-state index contributed by atoms with van der Waals surface area (Å²) in [5.74, 6) is 0.0226. The molecule has 0 spiro atoms. The average molecular weight is 493 g/mol. The van der Waals surface area contributed by atoms with Crippen LogP contribution in [-0.2, 0) is 26.6 Å². The standard InChI is InChI=1S/C20H24N6O5S2/c1-13-18(14(2)25(3)24-13)21-17(27)12-32-20-23-22-19(31-20)15-5-4-6-16(11-15)33(28,29)26-7-9-30-10-8-26/h4-6,11H,7-10,12H2,1-3H3,(H,21,27). The minimum atomic E-state index is -3.64. The van der Waals surface area contributed by atoms with Crippen LogP contribution in [-0.4, -0.2) is 70.7 Å². The van der Waals surface area contributed by atoms with Crippen LogP contribution < -0.4 is 5.32 Å². The number of nitrogens with one attached hydrogen (secondary N) is 1.